The number of hydrogen-bond donors (Lipinski definition) is 1. The molecule has 0 saturated carbocycles. The number of nitrogens with one attached hydrogen (secondary N) is 1. The Hall–Kier alpha value is -2.09. The van der Waals surface area contributed by atoms with Gasteiger partial charge in [-0.05, 0) is 49.2 Å². The van der Waals surface area contributed by atoms with Gasteiger partial charge in [-0.1, -0.05) is 17.7 Å². The summed E-state index contributed by atoms with van der Waals surface area (Å²) in [7, 11) is -2.10. The summed E-state index contributed by atoms with van der Waals surface area (Å²) in [6.45, 7) is 0.550. The van der Waals surface area contributed by atoms with Gasteiger partial charge in [-0.3, -0.25) is 4.79 Å². The van der Waals surface area contributed by atoms with E-state index in [0.29, 0.717) is 35.8 Å². The van der Waals surface area contributed by atoms with Crippen molar-refractivity contribution in [1.82, 2.24) is 4.31 Å². The van der Waals surface area contributed by atoms with Crippen LogP contribution < -0.4 is 10.1 Å². The summed E-state index contributed by atoms with van der Waals surface area (Å²) in [5.74, 6) is 0.0367. The Morgan fingerprint density at radius 1 is 1.22 bits per heavy atom. The molecule has 1 atom stereocenters. The molecule has 1 aliphatic rings. The fraction of sp³-hybridized carbons (Fsp3) is 0.316. The molecule has 1 aliphatic heterocycles. The summed E-state index contributed by atoms with van der Waals surface area (Å²) in [6, 6.07) is 13.1. The number of carbonyl (C=O) groups excluding carboxylic acids is 1. The monoisotopic (exact) mass is 408 g/mol. The molecule has 0 unspecified atom stereocenters. The van der Waals surface area contributed by atoms with Crippen LogP contribution in [0.25, 0.3) is 0 Å². The Kier molecular flexibility index (Phi) is 6.04. The van der Waals surface area contributed by atoms with Gasteiger partial charge in [-0.25, -0.2) is 8.42 Å². The first-order chi connectivity index (χ1) is 12.9. The Morgan fingerprint density at radius 3 is 2.67 bits per heavy atom. The zero-order valence-corrected chi connectivity index (χ0v) is 16.5. The van der Waals surface area contributed by atoms with Gasteiger partial charge < -0.3 is 10.1 Å². The van der Waals surface area contributed by atoms with Crippen molar-refractivity contribution in [3.63, 3.8) is 0 Å². The Morgan fingerprint density at radius 2 is 1.96 bits per heavy atom. The van der Waals surface area contributed by atoms with Crippen LogP contribution in [0.1, 0.15) is 12.8 Å². The minimum absolute atomic E-state index is 0.154. The number of halogens is 1. The first-order valence-corrected chi connectivity index (χ1v) is 10.4. The van der Waals surface area contributed by atoms with Gasteiger partial charge >= 0.3 is 0 Å². The first kappa shape index (κ1) is 19.7. The van der Waals surface area contributed by atoms with Gasteiger partial charge in [0, 0.05) is 29.9 Å². The second-order valence-corrected chi connectivity index (χ2v) is 8.75. The number of rotatable bonds is 5. The average Bonchev–Trinajstić information content (AvgIpc) is 2.68. The van der Waals surface area contributed by atoms with E-state index < -0.39 is 15.9 Å². The molecular weight excluding hydrogens is 388 g/mol. The quantitative estimate of drug-likeness (QED) is 0.822. The Labute approximate surface area is 164 Å². The highest BCUT2D eigenvalue weighted by molar-refractivity contribution is 7.89. The van der Waals surface area contributed by atoms with Crippen LogP contribution in [0.15, 0.2) is 53.4 Å². The lowest BCUT2D eigenvalue weighted by molar-refractivity contribution is -0.120. The van der Waals surface area contributed by atoms with Gasteiger partial charge in [0.25, 0.3) is 0 Å². The predicted molar refractivity (Wildman–Crippen MR) is 105 cm³/mol. The molecule has 1 amide bonds. The molecule has 8 heteroatoms. The molecule has 0 aromatic heterocycles. The summed E-state index contributed by atoms with van der Waals surface area (Å²) in [6.07, 6.45) is 1.27. The van der Waals surface area contributed by atoms with Crippen LogP contribution in [-0.2, 0) is 14.8 Å². The van der Waals surface area contributed by atoms with Crippen LogP contribution in [-0.4, -0.2) is 38.8 Å². The van der Waals surface area contributed by atoms with E-state index in [1.807, 2.05) is 0 Å². The summed E-state index contributed by atoms with van der Waals surface area (Å²) in [5.41, 5.74) is 0.622. The second kappa shape index (κ2) is 8.29. The van der Waals surface area contributed by atoms with Crippen LogP contribution in [0, 0.1) is 5.92 Å². The van der Waals surface area contributed by atoms with Crippen LogP contribution in [0.4, 0.5) is 5.69 Å². The third-order valence-corrected chi connectivity index (χ3v) is 6.67. The topological polar surface area (TPSA) is 75.7 Å². The average molecular weight is 409 g/mol. The number of hydrogen-bond acceptors (Lipinski definition) is 4. The molecule has 1 N–H and O–H groups in total. The highest BCUT2D eigenvalue weighted by Gasteiger charge is 2.33. The lowest BCUT2D eigenvalue weighted by atomic mass is 9.98. The van der Waals surface area contributed by atoms with Gasteiger partial charge in [0.15, 0.2) is 0 Å². The number of nitrogens with zero attached hydrogens (tertiary/aromatic N) is 1. The molecule has 1 saturated heterocycles. The molecule has 0 aliphatic carbocycles. The van der Waals surface area contributed by atoms with Crippen molar-refractivity contribution >= 4 is 33.2 Å². The molecule has 0 bridgehead atoms. The molecule has 2 aromatic carbocycles. The van der Waals surface area contributed by atoms with Crippen molar-refractivity contribution in [1.29, 1.82) is 0 Å². The van der Waals surface area contributed by atoms with Crippen molar-refractivity contribution < 1.29 is 17.9 Å². The van der Waals surface area contributed by atoms with E-state index in [1.165, 1.54) is 16.4 Å². The highest BCUT2D eigenvalue weighted by atomic mass is 35.5. The van der Waals surface area contributed by atoms with Crippen LogP contribution in [0.2, 0.25) is 5.02 Å². The number of benzene rings is 2. The van der Waals surface area contributed by atoms with E-state index in [9.17, 15) is 13.2 Å². The lowest BCUT2D eigenvalue weighted by Crippen LogP contribution is -2.43. The van der Waals surface area contributed by atoms with Crippen LogP contribution in [0.3, 0.4) is 0 Å². The minimum Gasteiger partial charge on any atom is -0.497 e. The Balaban J connectivity index is 1.71. The Bertz CT molecular complexity index is 916. The molecule has 3 rings (SSSR count). The minimum atomic E-state index is -3.65. The van der Waals surface area contributed by atoms with Crippen molar-refractivity contribution in [2.75, 3.05) is 25.5 Å². The van der Waals surface area contributed by atoms with Gasteiger partial charge in [0.05, 0.1) is 17.9 Å². The second-order valence-electron chi connectivity index (χ2n) is 6.38. The smallest absolute Gasteiger partial charge is 0.243 e. The number of methoxy groups -OCH3 is 1. The molecule has 0 radical (unpaired) electrons. The summed E-state index contributed by atoms with van der Waals surface area (Å²) in [4.78, 5) is 12.8. The number of ether oxygens (including phenoxy) is 1. The van der Waals surface area contributed by atoms with Gasteiger partial charge in [0.1, 0.15) is 5.75 Å². The number of amides is 1. The number of sulfonamides is 1. The number of piperidine rings is 1. The summed E-state index contributed by atoms with van der Waals surface area (Å²) >= 11 is 5.84. The maximum absolute atomic E-state index is 12.8. The fourth-order valence-electron chi connectivity index (χ4n) is 3.08. The van der Waals surface area contributed by atoms with Crippen LogP contribution in [0.5, 0.6) is 5.75 Å². The van der Waals surface area contributed by atoms with Crippen molar-refractivity contribution in [3.05, 3.63) is 53.6 Å². The van der Waals surface area contributed by atoms with E-state index in [0.717, 1.165) is 0 Å². The molecule has 0 spiro atoms. The molecule has 1 heterocycles. The summed E-state index contributed by atoms with van der Waals surface area (Å²) < 4.78 is 32.2. The zero-order chi connectivity index (χ0) is 19.4. The lowest BCUT2D eigenvalue weighted by Gasteiger charge is -2.31. The molecule has 6 nitrogen and oxygen atoms in total. The predicted octanol–water partition coefficient (Wildman–Crippen LogP) is 3.39. The van der Waals surface area contributed by atoms with E-state index in [1.54, 1.807) is 43.5 Å². The van der Waals surface area contributed by atoms with Gasteiger partial charge in [-0.2, -0.15) is 4.31 Å². The molecule has 144 valence electrons. The molecule has 27 heavy (non-hydrogen) atoms. The first-order valence-electron chi connectivity index (χ1n) is 8.61. The molecular formula is C19H21ClN2O4S. The van der Waals surface area contributed by atoms with E-state index >= 15 is 0 Å². The third kappa shape index (κ3) is 4.61. The SMILES string of the molecule is COc1cccc(NC(=O)[C@@H]2CCCN(S(=O)(=O)c3ccc(Cl)cc3)C2)c1. The fourth-order valence-corrected chi connectivity index (χ4v) is 4.73. The zero-order valence-electron chi connectivity index (χ0n) is 14.9. The number of carbonyl (C=O) groups is 1. The normalized spacial score (nSPS) is 18.1. The van der Waals surface area contributed by atoms with Crippen molar-refractivity contribution in [3.8, 4) is 5.75 Å². The van der Waals surface area contributed by atoms with E-state index in [4.69, 9.17) is 16.3 Å². The van der Waals surface area contributed by atoms with E-state index in [-0.39, 0.29) is 17.3 Å². The van der Waals surface area contributed by atoms with E-state index in [2.05, 4.69) is 5.32 Å². The van der Waals surface area contributed by atoms with Crippen molar-refractivity contribution in [2.24, 2.45) is 5.92 Å². The maximum Gasteiger partial charge on any atom is 0.243 e. The van der Waals surface area contributed by atoms with Crippen molar-refractivity contribution in [2.45, 2.75) is 17.7 Å². The van der Waals surface area contributed by atoms with Gasteiger partial charge in [-0.15, -0.1) is 0 Å². The number of anilines is 1. The molecule has 1 fully saturated rings. The summed E-state index contributed by atoms with van der Waals surface area (Å²) in [5, 5.41) is 3.32. The third-order valence-electron chi connectivity index (χ3n) is 4.54. The van der Waals surface area contributed by atoms with Crippen LogP contribution >= 0.6 is 11.6 Å². The highest BCUT2D eigenvalue weighted by Crippen LogP contribution is 2.26. The van der Waals surface area contributed by atoms with Gasteiger partial charge in [0.2, 0.25) is 15.9 Å². The maximum atomic E-state index is 12.8. The standard InChI is InChI=1S/C19H21ClN2O4S/c1-26-17-6-2-5-16(12-17)21-19(23)14-4-3-11-22(13-14)27(24,25)18-9-7-15(20)8-10-18/h2,5-10,12,14H,3-4,11,13H2,1H3,(H,21,23)/t14-/m1/s1. The molecule has 2 aromatic rings. The largest absolute Gasteiger partial charge is 0.497 e.